The van der Waals surface area contributed by atoms with Gasteiger partial charge in [-0.1, -0.05) is 12.1 Å². The largest absolute Gasteiger partial charge is 0.428 e. The van der Waals surface area contributed by atoms with Gasteiger partial charge >= 0.3 is 0 Å². The molecule has 4 nitrogen and oxygen atoms in total. The van der Waals surface area contributed by atoms with Crippen molar-refractivity contribution in [1.82, 2.24) is 0 Å². The maximum atomic E-state index is 10.5. The van der Waals surface area contributed by atoms with E-state index in [9.17, 15) is 4.79 Å². The predicted molar refractivity (Wildman–Crippen MR) is 62.7 cm³/mol. The fourth-order valence-electron chi connectivity index (χ4n) is 2.46. The number of nitrogens with zero attached hydrogens (tertiary/aromatic N) is 2. The molecule has 0 unspecified atom stereocenters. The number of hydrogen-bond acceptors (Lipinski definition) is 4. The van der Waals surface area contributed by atoms with E-state index in [1.807, 2.05) is 6.07 Å². The topological polar surface area (TPSA) is 51.0 Å². The lowest BCUT2D eigenvalue weighted by atomic mass is 10.0. The van der Waals surface area contributed by atoms with Crippen molar-refractivity contribution < 1.29 is 9.53 Å². The summed E-state index contributed by atoms with van der Waals surface area (Å²) in [5, 5.41) is 8.29. The van der Waals surface area contributed by atoms with Crippen LogP contribution in [0.15, 0.2) is 34.0 Å². The minimum Gasteiger partial charge on any atom is -0.428 e. The molecule has 1 heterocycles. The van der Waals surface area contributed by atoms with Crippen molar-refractivity contribution in [3.63, 3.8) is 0 Å². The van der Waals surface area contributed by atoms with Crippen LogP contribution in [0, 0.1) is 0 Å². The standard InChI is InChI=1S/C13H12N2O2/c16-8-17-11-6-2-4-9-3-1-5-10-7-14-15-13(10)12(9)11/h2,4,6,8H,1,3,5,7H2. The third-order valence-corrected chi connectivity index (χ3v) is 3.22. The number of rotatable bonds is 2. The summed E-state index contributed by atoms with van der Waals surface area (Å²) in [5.74, 6) is 0.591. The Labute approximate surface area is 99.0 Å². The Balaban J connectivity index is 2.20. The highest BCUT2D eigenvalue weighted by atomic mass is 16.5. The fraction of sp³-hybridized carbons (Fsp3) is 0.308. The Hall–Kier alpha value is -1.97. The molecule has 86 valence electrons. The molecule has 17 heavy (non-hydrogen) atoms. The molecule has 0 aromatic heterocycles. The smallest absolute Gasteiger partial charge is 0.298 e. The average Bonchev–Trinajstić information content (AvgIpc) is 2.71. The van der Waals surface area contributed by atoms with Crippen LogP contribution < -0.4 is 4.74 Å². The molecular formula is C13H12N2O2. The monoisotopic (exact) mass is 228 g/mol. The molecule has 0 amide bonds. The first-order valence-corrected chi connectivity index (χ1v) is 5.72. The van der Waals surface area contributed by atoms with E-state index >= 15 is 0 Å². The molecule has 0 fully saturated rings. The second-order valence-electron chi connectivity index (χ2n) is 4.21. The van der Waals surface area contributed by atoms with Crippen LogP contribution in [-0.2, 0) is 11.2 Å². The third-order valence-electron chi connectivity index (χ3n) is 3.22. The Bertz CT molecular complexity index is 532. The van der Waals surface area contributed by atoms with Crippen LogP contribution in [0.2, 0.25) is 0 Å². The maximum Gasteiger partial charge on any atom is 0.298 e. The van der Waals surface area contributed by atoms with E-state index < -0.39 is 0 Å². The number of aryl methyl sites for hydroxylation is 1. The lowest BCUT2D eigenvalue weighted by Crippen LogP contribution is -1.97. The van der Waals surface area contributed by atoms with Crippen LogP contribution in [0.25, 0.3) is 5.70 Å². The number of ether oxygens (including phenoxy) is 1. The number of hydrogen-bond donors (Lipinski definition) is 0. The van der Waals surface area contributed by atoms with Crippen LogP contribution in [0.3, 0.4) is 0 Å². The lowest BCUT2D eigenvalue weighted by Gasteiger charge is -2.10. The van der Waals surface area contributed by atoms with Crippen LogP contribution >= 0.6 is 0 Å². The zero-order chi connectivity index (χ0) is 11.7. The molecule has 0 radical (unpaired) electrons. The summed E-state index contributed by atoms with van der Waals surface area (Å²) < 4.78 is 5.05. The first-order chi connectivity index (χ1) is 8.40. The minimum atomic E-state index is 0.465. The molecule has 1 aliphatic heterocycles. The van der Waals surface area contributed by atoms with E-state index in [4.69, 9.17) is 4.74 Å². The molecule has 1 aliphatic carbocycles. The normalized spacial score (nSPS) is 17.4. The van der Waals surface area contributed by atoms with Gasteiger partial charge in [0.1, 0.15) is 5.75 Å². The van der Waals surface area contributed by atoms with Gasteiger partial charge in [-0.15, -0.1) is 0 Å². The van der Waals surface area contributed by atoms with Gasteiger partial charge in [-0.25, -0.2) is 0 Å². The zero-order valence-electron chi connectivity index (χ0n) is 9.35. The van der Waals surface area contributed by atoms with Gasteiger partial charge in [-0.05, 0) is 36.5 Å². The fourth-order valence-corrected chi connectivity index (χ4v) is 2.46. The van der Waals surface area contributed by atoms with Crippen LogP contribution in [0.5, 0.6) is 5.75 Å². The molecule has 0 N–H and O–H groups in total. The Kier molecular flexibility index (Phi) is 2.48. The predicted octanol–water partition coefficient (Wildman–Crippen LogP) is 2.74. The molecule has 4 heteroatoms. The van der Waals surface area contributed by atoms with Gasteiger partial charge in [0.25, 0.3) is 6.47 Å². The number of carbonyl (C=O) groups is 1. The van der Waals surface area contributed by atoms with E-state index in [2.05, 4.69) is 16.3 Å². The van der Waals surface area contributed by atoms with Gasteiger partial charge in [0, 0.05) is 5.56 Å². The van der Waals surface area contributed by atoms with Crippen LogP contribution in [-0.4, -0.2) is 13.0 Å². The molecule has 1 aromatic carbocycles. The third kappa shape index (κ3) is 1.65. The van der Waals surface area contributed by atoms with Crippen molar-refractivity contribution in [3.8, 4) is 5.75 Å². The molecule has 0 atom stereocenters. The molecular weight excluding hydrogens is 216 g/mol. The first-order valence-electron chi connectivity index (χ1n) is 5.72. The molecule has 0 bridgehead atoms. The molecule has 3 rings (SSSR count). The summed E-state index contributed by atoms with van der Waals surface area (Å²) in [4.78, 5) is 10.5. The first kappa shape index (κ1) is 10.2. The van der Waals surface area contributed by atoms with Gasteiger partial charge in [0.15, 0.2) is 0 Å². The van der Waals surface area contributed by atoms with E-state index in [1.54, 1.807) is 6.07 Å². The van der Waals surface area contributed by atoms with Gasteiger partial charge in [0.05, 0.1) is 12.2 Å². The van der Waals surface area contributed by atoms with E-state index in [0.717, 1.165) is 30.5 Å². The quantitative estimate of drug-likeness (QED) is 0.731. The zero-order valence-corrected chi connectivity index (χ0v) is 9.35. The Morgan fingerprint density at radius 2 is 2.24 bits per heavy atom. The summed E-state index contributed by atoms with van der Waals surface area (Å²) in [5.41, 5.74) is 4.31. The minimum absolute atomic E-state index is 0.465. The maximum absolute atomic E-state index is 10.5. The van der Waals surface area contributed by atoms with Crippen molar-refractivity contribution in [2.45, 2.75) is 19.3 Å². The van der Waals surface area contributed by atoms with Crippen LogP contribution in [0.1, 0.15) is 24.0 Å². The summed E-state index contributed by atoms with van der Waals surface area (Å²) in [6, 6.07) is 5.78. The number of azo groups is 1. The molecule has 0 saturated heterocycles. The van der Waals surface area contributed by atoms with Gasteiger partial charge in [0.2, 0.25) is 0 Å². The van der Waals surface area contributed by atoms with Gasteiger partial charge in [-0.3, -0.25) is 4.79 Å². The molecule has 0 spiro atoms. The van der Waals surface area contributed by atoms with Crippen molar-refractivity contribution in [2.75, 3.05) is 6.54 Å². The lowest BCUT2D eigenvalue weighted by molar-refractivity contribution is -0.120. The highest BCUT2D eigenvalue weighted by molar-refractivity contribution is 5.77. The SMILES string of the molecule is O=COc1cccc2c1C1=C(CCC2)CN=N1. The Morgan fingerprint density at radius 3 is 3.12 bits per heavy atom. The number of carbonyl (C=O) groups excluding carboxylic acids is 1. The van der Waals surface area contributed by atoms with Crippen molar-refractivity contribution in [1.29, 1.82) is 0 Å². The molecule has 0 saturated carbocycles. The van der Waals surface area contributed by atoms with Crippen molar-refractivity contribution in [2.24, 2.45) is 10.2 Å². The van der Waals surface area contributed by atoms with E-state index in [-0.39, 0.29) is 0 Å². The van der Waals surface area contributed by atoms with Gasteiger partial charge in [-0.2, -0.15) is 10.2 Å². The van der Waals surface area contributed by atoms with E-state index in [1.165, 1.54) is 11.1 Å². The van der Waals surface area contributed by atoms with Gasteiger partial charge < -0.3 is 4.74 Å². The second kappa shape index (κ2) is 4.13. The van der Waals surface area contributed by atoms with Crippen LogP contribution in [0.4, 0.5) is 0 Å². The summed E-state index contributed by atoms with van der Waals surface area (Å²) in [6.07, 6.45) is 3.12. The highest BCUT2D eigenvalue weighted by Crippen LogP contribution is 2.39. The summed E-state index contributed by atoms with van der Waals surface area (Å²) >= 11 is 0. The Morgan fingerprint density at radius 1 is 1.29 bits per heavy atom. The van der Waals surface area contributed by atoms with Crippen molar-refractivity contribution >= 4 is 12.2 Å². The van der Waals surface area contributed by atoms with E-state index in [0.29, 0.717) is 18.8 Å². The summed E-state index contributed by atoms with van der Waals surface area (Å²) in [7, 11) is 0. The highest BCUT2D eigenvalue weighted by Gasteiger charge is 2.23. The number of benzene rings is 1. The molecule has 2 aliphatic rings. The second-order valence-corrected chi connectivity index (χ2v) is 4.21. The molecule has 1 aromatic rings. The summed E-state index contributed by atoms with van der Waals surface area (Å²) in [6.45, 7) is 1.15. The number of fused-ring (bicyclic) bond motifs is 2. The average molecular weight is 228 g/mol. The van der Waals surface area contributed by atoms with Crippen molar-refractivity contribution in [3.05, 3.63) is 34.9 Å².